The number of halogens is 2. The van der Waals surface area contributed by atoms with Gasteiger partial charge < -0.3 is 11.1 Å². The van der Waals surface area contributed by atoms with Gasteiger partial charge >= 0.3 is 0 Å². The van der Waals surface area contributed by atoms with Crippen molar-refractivity contribution in [3.63, 3.8) is 0 Å². The summed E-state index contributed by atoms with van der Waals surface area (Å²) >= 11 is 4.63. The van der Waals surface area contributed by atoms with Gasteiger partial charge in [-0.15, -0.1) is 0 Å². The normalized spacial score (nSPS) is 10.2. The molecule has 2 rings (SSSR count). The molecule has 98 valence electrons. The maximum atomic E-state index is 13.8. The fourth-order valence-corrected chi connectivity index (χ4v) is 1.72. The first-order valence-corrected chi connectivity index (χ1v) is 5.92. The van der Waals surface area contributed by atoms with Crippen LogP contribution in [0.15, 0.2) is 36.5 Å². The first kappa shape index (κ1) is 13.4. The van der Waals surface area contributed by atoms with Crippen LogP contribution in [0.3, 0.4) is 0 Å². The topological polar surface area (TPSA) is 50.9 Å². The summed E-state index contributed by atoms with van der Waals surface area (Å²) in [6.45, 7) is 0.295. The average Bonchev–Trinajstić information content (AvgIpc) is 2.41. The highest BCUT2D eigenvalue weighted by atomic mass is 32.1. The molecule has 0 radical (unpaired) electrons. The SMILES string of the molecule is NC(=S)c1ccc(NCc2ccccn2)c(F)c1F. The predicted octanol–water partition coefficient (Wildman–Crippen LogP) is 2.61. The minimum Gasteiger partial charge on any atom is -0.389 e. The van der Waals surface area contributed by atoms with Gasteiger partial charge in [0, 0.05) is 11.8 Å². The van der Waals surface area contributed by atoms with Crippen molar-refractivity contribution in [1.29, 1.82) is 0 Å². The lowest BCUT2D eigenvalue weighted by Gasteiger charge is -2.09. The number of hydrogen-bond donors (Lipinski definition) is 2. The number of nitrogens with zero attached hydrogens (tertiary/aromatic N) is 1. The van der Waals surface area contributed by atoms with Gasteiger partial charge in [-0.2, -0.15) is 0 Å². The summed E-state index contributed by atoms with van der Waals surface area (Å²) < 4.78 is 27.4. The molecule has 0 aliphatic rings. The molecule has 0 unspecified atom stereocenters. The van der Waals surface area contributed by atoms with Gasteiger partial charge in [-0.25, -0.2) is 8.78 Å². The van der Waals surface area contributed by atoms with E-state index in [1.165, 1.54) is 12.1 Å². The fraction of sp³-hybridized carbons (Fsp3) is 0.0769. The van der Waals surface area contributed by atoms with E-state index in [0.29, 0.717) is 6.54 Å². The number of thiocarbonyl (C=S) groups is 1. The Bertz CT molecular complexity index is 602. The Morgan fingerprint density at radius 1 is 1.21 bits per heavy atom. The molecule has 0 saturated carbocycles. The van der Waals surface area contributed by atoms with Gasteiger partial charge in [-0.3, -0.25) is 4.98 Å². The molecule has 19 heavy (non-hydrogen) atoms. The van der Waals surface area contributed by atoms with Crippen molar-refractivity contribution >= 4 is 22.9 Å². The van der Waals surface area contributed by atoms with Crippen LogP contribution in [0.4, 0.5) is 14.5 Å². The van der Waals surface area contributed by atoms with E-state index in [4.69, 9.17) is 5.73 Å². The molecule has 3 nitrogen and oxygen atoms in total. The number of nitrogens with one attached hydrogen (secondary N) is 1. The Hall–Kier alpha value is -2.08. The molecule has 1 aromatic heterocycles. The number of benzene rings is 1. The van der Waals surface area contributed by atoms with Crippen LogP contribution in [0.25, 0.3) is 0 Å². The van der Waals surface area contributed by atoms with E-state index in [0.717, 1.165) is 5.69 Å². The highest BCUT2D eigenvalue weighted by molar-refractivity contribution is 7.80. The lowest BCUT2D eigenvalue weighted by atomic mass is 10.1. The highest BCUT2D eigenvalue weighted by Crippen LogP contribution is 2.21. The molecular formula is C13H11F2N3S. The zero-order chi connectivity index (χ0) is 13.8. The highest BCUT2D eigenvalue weighted by Gasteiger charge is 2.14. The Morgan fingerprint density at radius 2 is 2.00 bits per heavy atom. The van der Waals surface area contributed by atoms with Crippen molar-refractivity contribution in [1.82, 2.24) is 4.98 Å². The Balaban J connectivity index is 2.18. The molecule has 0 bridgehead atoms. The van der Waals surface area contributed by atoms with Crippen LogP contribution in [-0.2, 0) is 6.54 Å². The van der Waals surface area contributed by atoms with Crippen molar-refractivity contribution in [3.8, 4) is 0 Å². The maximum Gasteiger partial charge on any atom is 0.182 e. The van der Waals surface area contributed by atoms with Gasteiger partial charge in [-0.1, -0.05) is 18.3 Å². The van der Waals surface area contributed by atoms with E-state index in [2.05, 4.69) is 22.5 Å². The molecule has 0 aliphatic carbocycles. The van der Waals surface area contributed by atoms with Crippen LogP contribution in [-0.4, -0.2) is 9.97 Å². The second kappa shape index (κ2) is 5.71. The van der Waals surface area contributed by atoms with Crippen LogP contribution < -0.4 is 11.1 Å². The molecule has 3 N–H and O–H groups in total. The van der Waals surface area contributed by atoms with Crippen LogP contribution in [0.2, 0.25) is 0 Å². The lowest BCUT2D eigenvalue weighted by Crippen LogP contribution is -2.14. The van der Waals surface area contributed by atoms with Crippen LogP contribution >= 0.6 is 12.2 Å². The van der Waals surface area contributed by atoms with E-state index < -0.39 is 11.6 Å². The van der Waals surface area contributed by atoms with Gasteiger partial charge in [0.05, 0.1) is 17.9 Å². The summed E-state index contributed by atoms with van der Waals surface area (Å²) in [5.74, 6) is -2.04. The van der Waals surface area contributed by atoms with Gasteiger partial charge in [0.15, 0.2) is 11.6 Å². The van der Waals surface area contributed by atoms with Crippen molar-refractivity contribution < 1.29 is 8.78 Å². The van der Waals surface area contributed by atoms with Crippen molar-refractivity contribution in [2.45, 2.75) is 6.54 Å². The number of aromatic nitrogens is 1. The van der Waals surface area contributed by atoms with Crippen LogP contribution in [0.5, 0.6) is 0 Å². The fourth-order valence-electron chi connectivity index (χ4n) is 1.56. The Morgan fingerprint density at radius 3 is 2.63 bits per heavy atom. The van der Waals surface area contributed by atoms with E-state index >= 15 is 0 Å². The second-order valence-corrected chi connectivity index (χ2v) is 4.27. The zero-order valence-electron chi connectivity index (χ0n) is 9.86. The number of nitrogens with two attached hydrogens (primary N) is 1. The van der Waals surface area contributed by atoms with E-state index in [9.17, 15) is 8.78 Å². The third-order valence-electron chi connectivity index (χ3n) is 2.53. The monoisotopic (exact) mass is 279 g/mol. The minimum atomic E-state index is -1.04. The molecule has 6 heteroatoms. The molecule has 1 aromatic carbocycles. The van der Waals surface area contributed by atoms with Crippen LogP contribution in [0.1, 0.15) is 11.3 Å². The summed E-state index contributed by atoms with van der Waals surface area (Å²) in [5.41, 5.74) is 5.96. The summed E-state index contributed by atoms with van der Waals surface area (Å²) in [5, 5.41) is 2.77. The molecule has 0 saturated heterocycles. The number of pyridine rings is 1. The Labute approximate surface area is 114 Å². The van der Waals surface area contributed by atoms with E-state index in [1.54, 1.807) is 18.3 Å². The van der Waals surface area contributed by atoms with Crippen molar-refractivity contribution in [2.75, 3.05) is 5.32 Å². The molecule has 0 fully saturated rings. The molecule has 0 spiro atoms. The molecule has 1 heterocycles. The summed E-state index contributed by atoms with van der Waals surface area (Å²) in [6.07, 6.45) is 1.63. The molecule has 2 aromatic rings. The third-order valence-corrected chi connectivity index (χ3v) is 2.75. The zero-order valence-corrected chi connectivity index (χ0v) is 10.7. The molecular weight excluding hydrogens is 268 g/mol. The first-order chi connectivity index (χ1) is 9.09. The quantitative estimate of drug-likeness (QED) is 0.845. The van der Waals surface area contributed by atoms with Crippen LogP contribution in [0, 0.1) is 11.6 Å². The van der Waals surface area contributed by atoms with Crippen molar-refractivity contribution in [2.24, 2.45) is 5.73 Å². The number of anilines is 1. The van der Waals surface area contributed by atoms with Gasteiger partial charge in [0.1, 0.15) is 4.99 Å². The molecule has 0 amide bonds. The number of rotatable bonds is 4. The largest absolute Gasteiger partial charge is 0.389 e. The van der Waals surface area contributed by atoms with E-state index in [1.807, 2.05) is 6.07 Å². The first-order valence-electron chi connectivity index (χ1n) is 5.51. The average molecular weight is 279 g/mol. The summed E-state index contributed by atoms with van der Waals surface area (Å²) in [7, 11) is 0. The third kappa shape index (κ3) is 3.03. The predicted molar refractivity (Wildman–Crippen MR) is 73.8 cm³/mol. The van der Waals surface area contributed by atoms with E-state index in [-0.39, 0.29) is 16.2 Å². The second-order valence-electron chi connectivity index (χ2n) is 3.83. The van der Waals surface area contributed by atoms with Gasteiger partial charge in [-0.05, 0) is 24.3 Å². The minimum absolute atomic E-state index is 0.0446. The molecule has 0 atom stereocenters. The smallest absolute Gasteiger partial charge is 0.182 e. The van der Waals surface area contributed by atoms with Gasteiger partial charge in [0.2, 0.25) is 0 Å². The summed E-state index contributed by atoms with van der Waals surface area (Å²) in [6, 6.07) is 8.12. The molecule has 0 aliphatic heterocycles. The summed E-state index contributed by atoms with van der Waals surface area (Å²) in [4.78, 5) is 3.90. The standard InChI is InChI=1S/C13H11F2N3S/c14-11-9(13(16)19)4-5-10(12(11)15)18-7-8-3-1-2-6-17-8/h1-6,18H,7H2,(H2,16,19). The maximum absolute atomic E-state index is 13.8. The lowest BCUT2D eigenvalue weighted by molar-refractivity contribution is 0.509. The number of hydrogen-bond acceptors (Lipinski definition) is 3. The Kier molecular flexibility index (Phi) is 4.01. The van der Waals surface area contributed by atoms with Crippen molar-refractivity contribution in [3.05, 3.63) is 59.4 Å². The van der Waals surface area contributed by atoms with Gasteiger partial charge in [0.25, 0.3) is 0 Å².